The van der Waals surface area contributed by atoms with Crippen LogP contribution < -0.4 is 4.31 Å². The zero-order valence-electron chi connectivity index (χ0n) is 15.7. The first kappa shape index (κ1) is 21.1. The number of carbonyl (C=O) groups is 2. The molecule has 1 heterocycles. The van der Waals surface area contributed by atoms with Crippen LogP contribution in [0, 0.1) is 11.7 Å². The highest BCUT2D eigenvalue weighted by Crippen LogP contribution is 2.26. The molecule has 0 aliphatic carbocycles. The van der Waals surface area contributed by atoms with Crippen molar-refractivity contribution in [2.75, 3.05) is 30.3 Å². The van der Waals surface area contributed by atoms with Crippen LogP contribution in [0.25, 0.3) is 0 Å². The summed E-state index contributed by atoms with van der Waals surface area (Å²) in [6, 6.07) is 4.34. The first-order chi connectivity index (χ1) is 12.7. The molecule has 1 atom stereocenters. The Kier molecular flexibility index (Phi) is 6.80. The Morgan fingerprint density at radius 1 is 1.30 bits per heavy atom. The summed E-state index contributed by atoms with van der Waals surface area (Å²) in [6.07, 6.45) is 1.85. The van der Waals surface area contributed by atoms with E-state index in [9.17, 15) is 22.4 Å². The lowest BCUT2D eigenvalue weighted by atomic mass is 9.96. The van der Waals surface area contributed by atoms with Crippen molar-refractivity contribution < 1.29 is 27.1 Å². The molecule has 0 aromatic heterocycles. The summed E-state index contributed by atoms with van der Waals surface area (Å²) in [5.41, 5.74) is -0.165. The van der Waals surface area contributed by atoms with Crippen molar-refractivity contribution in [1.82, 2.24) is 4.90 Å². The van der Waals surface area contributed by atoms with Crippen LogP contribution in [0.15, 0.2) is 24.3 Å². The molecule has 0 spiro atoms. The van der Waals surface area contributed by atoms with Crippen molar-refractivity contribution in [3.8, 4) is 0 Å². The predicted octanol–water partition coefficient (Wildman–Crippen LogP) is 1.78. The maximum Gasteiger partial charge on any atom is 0.309 e. The molecule has 1 fully saturated rings. The first-order valence-corrected chi connectivity index (χ1v) is 10.7. The first-order valence-electron chi connectivity index (χ1n) is 8.86. The number of likely N-dealkylation sites (tertiary alicyclic amines) is 1. The SMILES string of the molecule is CCOC(=O)C1CCN(C(=O)[C@@H](C)N(c2ccccc2F)S(C)(=O)=O)CC1. The number of piperidine rings is 1. The lowest BCUT2D eigenvalue weighted by molar-refractivity contribution is -0.151. The minimum Gasteiger partial charge on any atom is -0.466 e. The number of ether oxygens (including phenoxy) is 1. The van der Waals surface area contributed by atoms with E-state index in [2.05, 4.69) is 0 Å². The maximum atomic E-state index is 14.2. The molecule has 0 unspecified atom stereocenters. The number of para-hydroxylation sites is 1. The Balaban J connectivity index is 2.15. The standard InChI is InChI=1S/C18H25FN2O5S/c1-4-26-18(23)14-9-11-20(12-10-14)17(22)13(2)21(27(3,24)25)16-8-6-5-7-15(16)19/h5-8,13-14H,4,9-12H2,1-3H3/t13-/m1/s1. The minimum absolute atomic E-state index is 0.165. The number of esters is 1. The smallest absolute Gasteiger partial charge is 0.309 e. The average Bonchev–Trinajstić information content (AvgIpc) is 2.62. The largest absolute Gasteiger partial charge is 0.466 e. The third-order valence-corrected chi connectivity index (χ3v) is 5.81. The molecule has 1 aromatic carbocycles. The lowest BCUT2D eigenvalue weighted by Gasteiger charge is -2.36. The summed E-state index contributed by atoms with van der Waals surface area (Å²) >= 11 is 0. The second kappa shape index (κ2) is 8.69. The monoisotopic (exact) mass is 400 g/mol. The van der Waals surface area contributed by atoms with Crippen molar-refractivity contribution in [3.63, 3.8) is 0 Å². The molecule has 1 amide bonds. The predicted molar refractivity (Wildman–Crippen MR) is 99.1 cm³/mol. The molecule has 2 rings (SSSR count). The van der Waals surface area contributed by atoms with Gasteiger partial charge in [0.25, 0.3) is 0 Å². The van der Waals surface area contributed by atoms with Crippen molar-refractivity contribution in [3.05, 3.63) is 30.1 Å². The fraction of sp³-hybridized carbons (Fsp3) is 0.556. The van der Waals surface area contributed by atoms with Crippen molar-refractivity contribution >= 4 is 27.6 Å². The average molecular weight is 400 g/mol. The third-order valence-electron chi connectivity index (χ3n) is 4.58. The second-order valence-corrected chi connectivity index (χ2v) is 8.40. The molecule has 1 aliphatic heterocycles. The topological polar surface area (TPSA) is 84.0 Å². The Morgan fingerprint density at radius 2 is 1.89 bits per heavy atom. The number of amides is 1. The van der Waals surface area contributed by atoms with E-state index in [-0.39, 0.29) is 17.6 Å². The van der Waals surface area contributed by atoms with Gasteiger partial charge < -0.3 is 9.64 Å². The number of nitrogens with zero attached hydrogens (tertiary/aromatic N) is 2. The Labute approximate surface area is 159 Å². The Morgan fingerprint density at radius 3 is 2.41 bits per heavy atom. The molecule has 0 bridgehead atoms. The molecular formula is C18H25FN2O5S. The van der Waals surface area contributed by atoms with E-state index < -0.39 is 27.8 Å². The van der Waals surface area contributed by atoms with Gasteiger partial charge in [-0.2, -0.15) is 0 Å². The summed E-state index contributed by atoms with van der Waals surface area (Å²) in [5.74, 6) is -1.68. The molecule has 27 heavy (non-hydrogen) atoms. The number of sulfonamides is 1. The number of anilines is 1. The van der Waals surface area contributed by atoms with Gasteiger partial charge in [-0.1, -0.05) is 12.1 Å². The summed E-state index contributed by atoms with van der Waals surface area (Å²) < 4.78 is 44.5. The van der Waals surface area contributed by atoms with Crippen LogP contribution in [0.1, 0.15) is 26.7 Å². The van der Waals surface area contributed by atoms with Gasteiger partial charge in [0, 0.05) is 13.1 Å². The molecule has 1 saturated heterocycles. The normalized spacial score (nSPS) is 16.7. The summed E-state index contributed by atoms with van der Waals surface area (Å²) in [6.45, 7) is 4.12. The van der Waals surface area contributed by atoms with E-state index in [0.717, 1.165) is 16.6 Å². The molecule has 7 nitrogen and oxygen atoms in total. The zero-order chi connectivity index (χ0) is 20.2. The molecule has 9 heteroatoms. The molecule has 0 saturated carbocycles. The fourth-order valence-electron chi connectivity index (χ4n) is 3.27. The fourth-order valence-corrected chi connectivity index (χ4v) is 4.44. The summed E-state index contributed by atoms with van der Waals surface area (Å²) in [5, 5.41) is 0. The Bertz CT molecular complexity index is 791. The molecule has 1 aliphatic rings. The van der Waals surface area contributed by atoms with Gasteiger partial charge in [-0.05, 0) is 38.8 Å². The molecule has 0 radical (unpaired) electrons. The van der Waals surface area contributed by atoms with Crippen molar-refractivity contribution in [1.29, 1.82) is 0 Å². The summed E-state index contributed by atoms with van der Waals surface area (Å²) in [4.78, 5) is 26.2. The van der Waals surface area contributed by atoms with Gasteiger partial charge >= 0.3 is 5.97 Å². The van der Waals surface area contributed by atoms with Crippen molar-refractivity contribution in [2.24, 2.45) is 5.92 Å². The Hall–Kier alpha value is -2.16. The summed E-state index contributed by atoms with van der Waals surface area (Å²) in [7, 11) is -3.88. The van der Waals surface area contributed by atoms with Gasteiger partial charge in [-0.25, -0.2) is 12.8 Å². The van der Waals surface area contributed by atoms with Gasteiger partial charge in [-0.3, -0.25) is 13.9 Å². The number of benzene rings is 1. The van der Waals surface area contributed by atoms with Crippen LogP contribution in [0.5, 0.6) is 0 Å². The number of hydrogen-bond donors (Lipinski definition) is 0. The highest BCUT2D eigenvalue weighted by Gasteiger charge is 2.36. The van der Waals surface area contributed by atoms with Crippen LogP contribution in [0.3, 0.4) is 0 Å². The maximum absolute atomic E-state index is 14.2. The van der Waals surface area contributed by atoms with Crippen LogP contribution in [-0.2, 0) is 24.3 Å². The highest BCUT2D eigenvalue weighted by molar-refractivity contribution is 7.92. The third kappa shape index (κ3) is 4.97. The van der Waals surface area contributed by atoms with Crippen LogP contribution in [0.4, 0.5) is 10.1 Å². The molecule has 1 aromatic rings. The quantitative estimate of drug-likeness (QED) is 0.680. The molecule has 150 valence electrons. The number of rotatable bonds is 6. The highest BCUT2D eigenvalue weighted by atomic mass is 32.2. The van der Waals surface area contributed by atoms with E-state index in [1.54, 1.807) is 6.92 Å². The van der Waals surface area contributed by atoms with E-state index in [0.29, 0.717) is 32.5 Å². The number of halogens is 1. The van der Waals surface area contributed by atoms with E-state index >= 15 is 0 Å². The minimum atomic E-state index is -3.88. The van der Waals surface area contributed by atoms with Gasteiger partial charge in [0.05, 0.1) is 24.5 Å². The molecular weight excluding hydrogens is 375 g/mol. The van der Waals surface area contributed by atoms with Gasteiger partial charge in [0.15, 0.2) is 0 Å². The van der Waals surface area contributed by atoms with Gasteiger partial charge in [0.2, 0.25) is 15.9 Å². The molecule has 0 N–H and O–H groups in total. The zero-order valence-corrected chi connectivity index (χ0v) is 16.5. The van der Waals surface area contributed by atoms with E-state index in [1.165, 1.54) is 30.0 Å². The van der Waals surface area contributed by atoms with E-state index in [1.807, 2.05) is 0 Å². The van der Waals surface area contributed by atoms with Gasteiger partial charge in [-0.15, -0.1) is 0 Å². The number of hydrogen-bond acceptors (Lipinski definition) is 5. The van der Waals surface area contributed by atoms with Crippen LogP contribution in [-0.4, -0.2) is 57.2 Å². The lowest BCUT2D eigenvalue weighted by Crippen LogP contribution is -2.52. The van der Waals surface area contributed by atoms with Crippen LogP contribution in [0.2, 0.25) is 0 Å². The second-order valence-electron chi connectivity index (χ2n) is 6.54. The van der Waals surface area contributed by atoms with Crippen LogP contribution >= 0.6 is 0 Å². The van der Waals surface area contributed by atoms with E-state index in [4.69, 9.17) is 4.74 Å². The number of carbonyl (C=O) groups excluding carboxylic acids is 2. The van der Waals surface area contributed by atoms with Crippen molar-refractivity contribution in [2.45, 2.75) is 32.7 Å². The van der Waals surface area contributed by atoms with Gasteiger partial charge in [0.1, 0.15) is 11.9 Å².